The topological polar surface area (TPSA) is 87.5 Å². The summed E-state index contributed by atoms with van der Waals surface area (Å²) in [6, 6.07) is 1.49. The van der Waals surface area contributed by atoms with Crippen LogP contribution in [0.5, 0.6) is 0 Å². The van der Waals surface area contributed by atoms with Crippen molar-refractivity contribution in [1.29, 1.82) is 0 Å². The molecule has 1 saturated carbocycles. The Labute approximate surface area is 172 Å². The van der Waals surface area contributed by atoms with Gasteiger partial charge in [-0.05, 0) is 39.7 Å². The number of carboxylic acid groups (broad SMARTS) is 1. The Hall–Kier alpha value is -2.55. The third-order valence-electron chi connectivity index (χ3n) is 5.77. The first-order chi connectivity index (χ1) is 14.1. The van der Waals surface area contributed by atoms with Gasteiger partial charge in [-0.3, -0.25) is 4.79 Å². The SMILES string of the molecule is CC(C)(C)n1cc(C(=O)O)c(=O)c2cc(F)c(N3CC(F)C(CNC4CC4)C3)nc21. The van der Waals surface area contributed by atoms with Gasteiger partial charge < -0.3 is 19.9 Å². The number of fused-ring (bicyclic) bond motifs is 1. The molecule has 0 amide bonds. The molecule has 3 heterocycles. The average molecular weight is 420 g/mol. The molecule has 162 valence electrons. The summed E-state index contributed by atoms with van der Waals surface area (Å²) < 4.78 is 31.1. The Morgan fingerprint density at radius 3 is 2.63 bits per heavy atom. The second-order valence-electron chi connectivity index (χ2n) is 9.25. The van der Waals surface area contributed by atoms with Crippen LogP contribution in [0.25, 0.3) is 11.0 Å². The number of anilines is 1. The van der Waals surface area contributed by atoms with Crippen LogP contribution in [-0.2, 0) is 5.54 Å². The van der Waals surface area contributed by atoms with Crippen LogP contribution >= 0.6 is 0 Å². The van der Waals surface area contributed by atoms with Gasteiger partial charge in [0.1, 0.15) is 17.4 Å². The minimum Gasteiger partial charge on any atom is -0.477 e. The lowest BCUT2D eigenvalue weighted by Gasteiger charge is -2.26. The molecule has 0 bridgehead atoms. The van der Waals surface area contributed by atoms with Gasteiger partial charge in [-0.1, -0.05) is 0 Å². The summed E-state index contributed by atoms with van der Waals surface area (Å²) in [5.41, 5.74) is -1.65. The number of alkyl halides is 1. The molecular weight excluding hydrogens is 394 g/mol. The number of hydrogen-bond acceptors (Lipinski definition) is 5. The molecular formula is C21H26F2N4O3. The summed E-state index contributed by atoms with van der Waals surface area (Å²) in [5.74, 6) is -2.41. The molecule has 2 fully saturated rings. The number of halogens is 2. The number of aromatic carboxylic acids is 1. The van der Waals surface area contributed by atoms with Crippen LogP contribution in [0.2, 0.25) is 0 Å². The van der Waals surface area contributed by atoms with Crippen molar-refractivity contribution >= 4 is 22.8 Å². The summed E-state index contributed by atoms with van der Waals surface area (Å²) in [7, 11) is 0. The highest BCUT2D eigenvalue weighted by Crippen LogP contribution is 2.30. The molecule has 30 heavy (non-hydrogen) atoms. The van der Waals surface area contributed by atoms with Crippen LogP contribution < -0.4 is 15.6 Å². The van der Waals surface area contributed by atoms with Crippen molar-refractivity contribution < 1.29 is 18.7 Å². The predicted octanol–water partition coefficient (Wildman–Crippen LogP) is 2.52. The highest BCUT2D eigenvalue weighted by molar-refractivity contribution is 5.92. The molecule has 7 nitrogen and oxygen atoms in total. The maximum Gasteiger partial charge on any atom is 0.341 e. The first-order valence-electron chi connectivity index (χ1n) is 10.2. The Bertz CT molecular complexity index is 1060. The third kappa shape index (κ3) is 3.78. The van der Waals surface area contributed by atoms with E-state index in [1.165, 1.54) is 6.20 Å². The average Bonchev–Trinajstić information content (AvgIpc) is 3.41. The van der Waals surface area contributed by atoms with E-state index in [0.717, 1.165) is 18.9 Å². The summed E-state index contributed by atoms with van der Waals surface area (Å²) in [4.78, 5) is 30.1. The van der Waals surface area contributed by atoms with E-state index in [2.05, 4.69) is 10.3 Å². The molecule has 2 atom stereocenters. The van der Waals surface area contributed by atoms with Crippen molar-refractivity contribution in [3.05, 3.63) is 33.9 Å². The smallest absolute Gasteiger partial charge is 0.341 e. The van der Waals surface area contributed by atoms with Gasteiger partial charge in [-0.15, -0.1) is 0 Å². The fraction of sp³-hybridized carbons (Fsp3) is 0.571. The molecule has 0 radical (unpaired) electrons. The number of aromatic nitrogens is 2. The van der Waals surface area contributed by atoms with E-state index in [0.29, 0.717) is 19.1 Å². The van der Waals surface area contributed by atoms with Crippen molar-refractivity contribution in [2.75, 3.05) is 24.5 Å². The highest BCUT2D eigenvalue weighted by atomic mass is 19.1. The van der Waals surface area contributed by atoms with Gasteiger partial charge in [-0.2, -0.15) is 0 Å². The number of nitrogens with one attached hydrogen (secondary N) is 1. The number of pyridine rings is 2. The van der Waals surface area contributed by atoms with Crippen molar-refractivity contribution in [2.45, 2.75) is 51.4 Å². The van der Waals surface area contributed by atoms with Gasteiger partial charge in [-0.25, -0.2) is 18.6 Å². The molecule has 2 aliphatic rings. The number of nitrogens with zero attached hydrogens (tertiary/aromatic N) is 3. The van der Waals surface area contributed by atoms with Crippen LogP contribution in [0.3, 0.4) is 0 Å². The molecule has 2 aromatic heterocycles. The van der Waals surface area contributed by atoms with Crippen LogP contribution in [0.1, 0.15) is 44.0 Å². The second kappa shape index (κ2) is 7.30. The van der Waals surface area contributed by atoms with Crippen LogP contribution in [0.15, 0.2) is 17.1 Å². The summed E-state index contributed by atoms with van der Waals surface area (Å²) in [6.07, 6.45) is 2.35. The Morgan fingerprint density at radius 1 is 1.33 bits per heavy atom. The summed E-state index contributed by atoms with van der Waals surface area (Å²) >= 11 is 0. The molecule has 1 saturated heterocycles. The normalized spacial score (nSPS) is 22.1. The number of rotatable bonds is 5. The zero-order valence-electron chi connectivity index (χ0n) is 17.3. The van der Waals surface area contributed by atoms with Gasteiger partial charge in [0.05, 0.1) is 11.9 Å². The summed E-state index contributed by atoms with van der Waals surface area (Å²) in [5, 5.41) is 12.6. The van der Waals surface area contributed by atoms with E-state index in [-0.39, 0.29) is 29.3 Å². The minimum absolute atomic E-state index is 0.0143. The van der Waals surface area contributed by atoms with Gasteiger partial charge in [0.25, 0.3) is 0 Å². The summed E-state index contributed by atoms with van der Waals surface area (Å²) in [6.45, 7) is 6.38. The van der Waals surface area contributed by atoms with Crippen LogP contribution in [0, 0.1) is 11.7 Å². The van der Waals surface area contributed by atoms with Gasteiger partial charge >= 0.3 is 5.97 Å². The minimum atomic E-state index is -1.38. The maximum absolute atomic E-state index is 15.0. The third-order valence-corrected chi connectivity index (χ3v) is 5.77. The van der Waals surface area contributed by atoms with E-state index in [9.17, 15) is 23.5 Å². The molecule has 1 aliphatic heterocycles. The van der Waals surface area contributed by atoms with Crippen molar-refractivity contribution in [1.82, 2.24) is 14.9 Å². The second-order valence-corrected chi connectivity index (χ2v) is 9.25. The standard InChI is InChI=1S/C21H26F2N4O3/c1-21(2,3)27-9-14(20(29)30)17(28)13-6-15(22)19(25-18(13)27)26-8-11(16(23)10-26)7-24-12-4-5-12/h6,9,11-12,16,24H,4-5,7-8,10H2,1-3H3,(H,29,30). The molecule has 9 heteroatoms. The Morgan fingerprint density at radius 2 is 2.03 bits per heavy atom. The lowest BCUT2D eigenvalue weighted by atomic mass is 10.1. The molecule has 2 aromatic rings. The molecule has 4 rings (SSSR count). The molecule has 1 aliphatic carbocycles. The number of carbonyl (C=O) groups is 1. The van der Waals surface area contributed by atoms with Crippen molar-refractivity contribution in [2.24, 2.45) is 5.92 Å². The maximum atomic E-state index is 15.0. The van der Waals surface area contributed by atoms with Gasteiger partial charge in [0.2, 0.25) is 5.43 Å². The number of carboxylic acids is 1. The molecule has 2 N–H and O–H groups in total. The van der Waals surface area contributed by atoms with Crippen molar-refractivity contribution in [3.63, 3.8) is 0 Å². The predicted molar refractivity (Wildman–Crippen MR) is 110 cm³/mol. The van der Waals surface area contributed by atoms with Gasteiger partial charge in [0, 0.05) is 36.8 Å². The Kier molecular flexibility index (Phi) is 5.04. The van der Waals surface area contributed by atoms with Gasteiger partial charge in [0.15, 0.2) is 11.6 Å². The molecule has 0 aromatic carbocycles. The van der Waals surface area contributed by atoms with Crippen LogP contribution in [0.4, 0.5) is 14.6 Å². The van der Waals surface area contributed by atoms with E-state index in [4.69, 9.17) is 0 Å². The van der Waals surface area contributed by atoms with E-state index < -0.39 is 34.5 Å². The van der Waals surface area contributed by atoms with E-state index in [1.807, 2.05) is 20.8 Å². The zero-order valence-corrected chi connectivity index (χ0v) is 17.3. The highest BCUT2D eigenvalue weighted by Gasteiger charge is 2.36. The van der Waals surface area contributed by atoms with E-state index in [1.54, 1.807) is 9.47 Å². The molecule has 2 unspecified atom stereocenters. The van der Waals surface area contributed by atoms with Crippen molar-refractivity contribution in [3.8, 4) is 0 Å². The van der Waals surface area contributed by atoms with Crippen LogP contribution in [-0.4, -0.2) is 52.5 Å². The monoisotopic (exact) mass is 420 g/mol. The van der Waals surface area contributed by atoms with E-state index >= 15 is 0 Å². The quantitative estimate of drug-likeness (QED) is 0.773. The first-order valence-corrected chi connectivity index (χ1v) is 10.2. The Balaban J connectivity index is 1.76. The fourth-order valence-electron chi connectivity index (χ4n) is 3.90. The lowest BCUT2D eigenvalue weighted by molar-refractivity contribution is 0.0694. The lowest BCUT2D eigenvalue weighted by Crippen LogP contribution is -2.31. The zero-order chi connectivity index (χ0) is 21.8. The fourth-order valence-corrected chi connectivity index (χ4v) is 3.90. The molecule has 0 spiro atoms. The number of hydrogen-bond donors (Lipinski definition) is 2. The first kappa shape index (κ1) is 20.7. The largest absolute Gasteiger partial charge is 0.477 e.